The maximum Gasteiger partial charge on any atom is 0.271 e. The van der Waals surface area contributed by atoms with Crippen molar-refractivity contribution in [3.8, 4) is 21.4 Å². The predicted molar refractivity (Wildman–Crippen MR) is 117 cm³/mol. The molecule has 154 valence electrons. The van der Waals surface area contributed by atoms with Crippen LogP contribution in [-0.2, 0) is 7.05 Å². The molecule has 0 bridgehead atoms. The van der Waals surface area contributed by atoms with Crippen molar-refractivity contribution in [3.05, 3.63) is 70.6 Å². The van der Waals surface area contributed by atoms with Gasteiger partial charge in [0.25, 0.3) is 5.91 Å². The van der Waals surface area contributed by atoms with Crippen molar-refractivity contribution in [2.75, 3.05) is 14.2 Å². The number of hydrogen-bond donors (Lipinski definition) is 1. The summed E-state index contributed by atoms with van der Waals surface area (Å²) >= 11 is 3.04. The number of nitrogens with one attached hydrogen (secondary N) is 1. The van der Waals surface area contributed by atoms with Gasteiger partial charge in [0, 0.05) is 30.9 Å². The second kappa shape index (κ2) is 8.68. The van der Waals surface area contributed by atoms with Crippen molar-refractivity contribution >= 4 is 28.6 Å². The summed E-state index contributed by atoms with van der Waals surface area (Å²) in [5.41, 5.74) is 1.17. The number of carbonyl (C=O) groups excluding carboxylic acids is 1. The third kappa shape index (κ3) is 4.07. The maximum atomic E-state index is 13.1. The molecule has 3 aromatic heterocycles. The lowest BCUT2D eigenvalue weighted by atomic mass is 10.0. The van der Waals surface area contributed by atoms with Crippen molar-refractivity contribution in [2.45, 2.75) is 6.04 Å². The molecule has 0 saturated carbocycles. The van der Waals surface area contributed by atoms with Crippen LogP contribution in [0, 0.1) is 0 Å². The molecule has 7 nitrogen and oxygen atoms in total. The van der Waals surface area contributed by atoms with Crippen LogP contribution in [0.3, 0.4) is 0 Å². The average Bonchev–Trinajstić information content (AvgIpc) is 3.52. The number of aromatic nitrogens is 3. The predicted octanol–water partition coefficient (Wildman–Crippen LogP) is 4.14. The topological polar surface area (TPSA) is 78.3 Å². The number of hydrogen-bond acceptors (Lipinski definition) is 7. The molecule has 4 aromatic rings. The van der Waals surface area contributed by atoms with Gasteiger partial charge in [0.05, 0.1) is 19.1 Å². The lowest BCUT2D eigenvalue weighted by Gasteiger charge is -2.20. The van der Waals surface area contributed by atoms with Crippen molar-refractivity contribution in [1.82, 2.24) is 19.9 Å². The lowest BCUT2D eigenvalue weighted by molar-refractivity contribution is 0.0936. The number of rotatable bonds is 7. The van der Waals surface area contributed by atoms with Crippen LogP contribution >= 0.6 is 22.7 Å². The van der Waals surface area contributed by atoms with Gasteiger partial charge in [-0.3, -0.25) is 4.79 Å². The zero-order valence-electron chi connectivity index (χ0n) is 16.7. The van der Waals surface area contributed by atoms with Crippen LogP contribution in [-0.4, -0.2) is 34.7 Å². The Morgan fingerprint density at radius 2 is 1.93 bits per heavy atom. The molecule has 4 rings (SSSR count). The Balaban J connectivity index is 1.68. The number of ether oxygens (including phenoxy) is 2. The summed E-state index contributed by atoms with van der Waals surface area (Å²) in [6.07, 6.45) is 3.53. The fourth-order valence-electron chi connectivity index (χ4n) is 3.04. The van der Waals surface area contributed by atoms with Gasteiger partial charge >= 0.3 is 0 Å². The van der Waals surface area contributed by atoms with E-state index in [4.69, 9.17) is 9.47 Å². The molecule has 1 N–H and O–H groups in total. The molecule has 0 spiro atoms. The quantitative estimate of drug-likeness (QED) is 0.467. The number of aryl methyl sites for hydroxylation is 1. The molecular formula is C21H20N4O3S2. The normalized spacial score (nSPS) is 11.8. The van der Waals surface area contributed by atoms with Crippen molar-refractivity contribution in [2.24, 2.45) is 7.05 Å². The van der Waals surface area contributed by atoms with Crippen LogP contribution in [0.4, 0.5) is 0 Å². The Bertz CT molecular complexity index is 1130. The second-order valence-electron chi connectivity index (χ2n) is 6.46. The van der Waals surface area contributed by atoms with Gasteiger partial charge in [0.15, 0.2) is 0 Å². The largest absolute Gasteiger partial charge is 0.497 e. The van der Waals surface area contributed by atoms with Crippen LogP contribution in [0.25, 0.3) is 9.88 Å². The molecule has 3 heterocycles. The molecule has 0 aliphatic heterocycles. The SMILES string of the molecule is COc1cc(OC)cc(C(NC(=O)c2csc(-c3cccs3)n2)c2nccn2C)c1. The highest BCUT2D eigenvalue weighted by Crippen LogP contribution is 2.31. The van der Waals surface area contributed by atoms with E-state index < -0.39 is 6.04 Å². The van der Waals surface area contributed by atoms with E-state index in [-0.39, 0.29) is 5.91 Å². The van der Waals surface area contributed by atoms with Gasteiger partial charge in [-0.05, 0) is 29.1 Å². The van der Waals surface area contributed by atoms with E-state index in [1.54, 1.807) is 43.2 Å². The number of imidazole rings is 1. The Kier molecular flexibility index (Phi) is 5.82. The molecular weight excluding hydrogens is 420 g/mol. The van der Waals surface area contributed by atoms with E-state index in [0.29, 0.717) is 23.0 Å². The van der Waals surface area contributed by atoms with E-state index >= 15 is 0 Å². The summed E-state index contributed by atoms with van der Waals surface area (Å²) < 4.78 is 12.7. The first-order valence-corrected chi connectivity index (χ1v) is 10.9. The highest BCUT2D eigenvalue weighted by molar-refractivity contribution is 7.20. The van der Waals surface area contributed by atoms with Gasteiger partial charge < -0.3 is 19.4 Å². The van der Waals surface area contributed by atoms with Crippen LogP contribution in [0.15, 0.2) is 53.5 Å². The molecule has 0 aliphatic rings. The molecule has 1 atom stereocenters. The molecule has 1 unspecified atom stereocenters. The van der Waals surface area contributed by atoms with Crippen LogP contribution < -0.4 is 14.8 Å². The second-order valence-corrected chi connectivity index (χ2v) is 8.27. The monoisotopic (exact) mass is 440 g/mol. The Morgan fingerprint density at radius 1 is 1.17 bits per heavy atom. The van der Waals surface area contributed by atoms with Gasteiger partial charge in [0.1, 0.15) is 34.1 Å². The van der Waals surface area contributed by atoms with Gasteiger partial charge in [0.2, 0.25) is 0 Å². The van der Waals surface area contributed by atoms with Gasteiger partial charge in [-0.2, -0.15) is 0 Å². The van der Waals surface area contributed by atoms with E-state index in [2.05, 4.69) is 15.3 Å². The molecule has 30 heavy (non-hydrogen) atoms. The van der Waals surface area contributed by atoms with Crippen LogP contribution in [0.1, 0.15) is 27.9 Å². The van der Waals surface area contributed by atoms with E-state index in [1.807, 2.05) is 47.5 Å². The van der Waals surface area contributed by atoms with Crippen molar-refractivity contribution in [1.29, 1.82) is 0 Å². The number of methoxy groups -OCH3 is 2. The van der Waals surface area contributed by atoms with Crippen LogP contribution in [0.5, 0.6) is 11.5 Å². The number of carbonyl (C=O) groups is 1. The number of thiazole rings is 1. The summed E-state index contributed by atoms with van der Waals surface area (Å²) in [6, 6.07) is 8.96. The van der Waals surface area contributed by atoms with E-state index in [0.717, 1.165) is 15.4 Å². The Morgan fingerprint density at radius 3 is 2.53 bits per heavy atom. The number of amides is 1. The van der Waals surface area contributed by atoms with E-state index in [9.17, 15) is 4.79 Å². The number of benzene rings is 1. The minimum absolute atomic E-state index is 0.274. The first-order valence-electron chi connectivity index (χ1n) is 9.09. The first kappa shape index (κ1) is 20.1. The highest BCUT2D eigenvalue weighted by Gasteiger charge is 2.24. The molecule has 0 saturated heterocycles. The fourth-order valence-corrected chi connectivity index (χ4v) is 4.66. The van der Waals surface area contributed by atoms with Gasteiger partial charge in [-0.25, -0.2) is 9.97 Å². The zero-order chi connectivity index (χ0) is 21.1. The molecule has 0 aliphatic carbocycles. The maximum absolute atomic E-state index is 13.1. The smallest absolute Gasteiger partial charge is 0.271 e. The number of thiophene rings is 1. The lowest BCUT2D eigenvalue weighted by Crippen LogP contribution is -2.31. The Hall–Kier alpha value is -3.17. The van der Waals surface area contributed by atoms with E-state index in [1.165, 1.54) is 11.3 Å². The molecule has 1 amide bonds. The van der Waals surface area contributed by atoms with Crippen molar-refractivity contribution in [3.63, 3.8) is 0 Å². The molecule has 9 heteroatoms. The fraction of sp³-hybridized carbons (Fsp3) is 0.190. The zero-order valence-corrected chi connectivity index (χ0v) is 18.3. The first-order chi connectivity index (χ1) is 14.6. The van der Waals surface area contributed by atoms with Gasteiger partial charge in [-0.1, -0.05) is 6.07 Å². The third-order valence-corrected chi connectivity index (χ3v) is 6.45. The highest BCUT2D eigenvalue weighted by atomic mass is 32.1. The van der Waals surface area contributed by atoms with Crippen LogP contribution in [0.2, 0.25) is 0 Å². The summed E-state index contributed by atoms with van der Waals surface area (Å²) in [5, 5.41) is 7.65. The third-order valence-electron chi connectivity index (χ3n) is 4.57. The average molecular weight is 441 g/mol. The molecule has 0 radical (unpaired) electrons. The number of nitrogens with zero attached hydrogens (tertiary/aromatic N) is 3. The summed E-state index contributed by atoms with van der Waals surface area (Å²) in [4.78, 5) is 23.1. The summed E-state index contributed by atoms with van der Waals surface area (Å²) in [5.74, 6) is 1.68. The summed E-state index contributed by atoms with van der Waals surface area (Å²) in [6.45, 7) is 0. The minimum atomic E-state index is -0.506. The Labute approximate surface area is 182 Å². The van der Waals surface area contributed by atoms with Gasteiger partial charge in [-0.15, -0.1) is 22.7 Å². The minimum Gasteiger partial charge on any atom is -0.497 e. The van der Waals surface area contributed by atoms with Crippen molar-refractivity contribution < 1.29 is 14.3 Å². The molecule has 0 fully saturated rings. The standard InChI is InChI=1S/C21H20N4O3S2/c1-25-7-6-22-19(25)18(13-9-14(27-2)11-15(10-13)28-3)24-20(26)16-12-30-21(23-16)17-5-4-8-29-17/h4-12,18H,1-3H3,(H,24,26). The summed E-state index contributed by atoms with van der Waals surface area (Å²) in [7, 11) is 5.07. The molecule has 1 aromatic carbocycles.